The standard InChI is InChI=1S/C17H18N2O3S/c1-13-7-5-6-10-15(13)22-11-16(20)18-19-17(21)12-23-14-8-3-2-4-9-14/h2-10H,11-12H2,1H3,(H,18,20)(H,19,21). The number of nitrogens with one attached hydrogen (secondary N) is 2. The molecule has 2 aromatic rings. The third-order valence-corrected chi connectivity index (χ3v) is 3.92. The molecule has 0 spiro atoms. The van der Waals surface area contributed by atoms with Crippen molar-refractivity contribution in [2.75, 3.05) is 12.4 Å². The van der Waals surface area contributed by atoms with E-state index >= 15 is 0 Å². The average Bonchev–Trinajstić information content (AvgIpc) is 2.58. The molecule has 2 aromatic carbocycles. The number of hydrogen-bond donors (Lipinski definition) is 2. The van der Waals surface area contributed by atoms with Gasteiger partial charge in [-0.15, -0.1) is 11.8 Å². The maximum absolute atomic E-state index is 11.7. The molecule has 0 atom stereocenters. The minimum Gasteiger partial charge on any atom is -0.483 e. The number of ether oxygens (including phenoxy) is 1. The number of thioether (sulfide) groups is 1. The van der Waals surface area contributed by atoms with Gasteiger partial charge in [0.2, 0.25) is 5.91 Å². The second-order valence-corrected chi connectivity index (χ2v) is 5.80. The van der Waals surface area contributed by atoms with Gasteiger partial charge in [0.25, 0.3) is 5.91 Å². The van der Waals surface area contributed by atoms with Gasteiger partial charge < -0.3 is 4.74 Å². The molecule has 23 heavy (non-hydrogen) atoms. The summed E-state index contributed by atoms with van der Waals surface area (Å²) in [5.41, 5.74) is 5.64. The van der Waals surface area contributed by atoms with Crippen molar-refractivity contribution in [2.24, 2.45) is 0 Å². The first-order valence-electron chi connectivity index (χ1n) is 7.09. The molecular weight excluding hydrogens is 312 g/mol. The molecule has 0 fully saturated rings. The molecule has 6 heteroatoms. The quantitative estimate of drug-likeness (QED) is 0.630. The van der Waals surface area contributed by atoms with E-state index in [1.54, 1.807) is 6.07 Å². The summed E-state index contributed by atoms with van der Waals surface area (Å²) in [6.45, 7) is 1.74. The van der Waals surface area contributed by atoms with Crippen LogP contribution in [0.4, 0.5) is 0 Å². The molecule has 0 radical (unpaired) electrons. The number of carbonyl (C=O) groups excluding carboxylic acids is 2. The minimum atomic E-state index is -0.411. The van der Waals surface area contributed by atoms with Gasteiger partial charge in [-0.05, 0) is 30.7 Å². The van der Waals surface area contributed by atoms with E-state index in [0.717, 1.165) is 10.5 Å². The fraction of sp³-hybridized carbons (Fsp3) is 0.176. The molecule has 0 aliphatic carbocycles. The maximum atomic E-state index is 11.7. The Bertz CT molecular complexity index is 662. The monoisotopic (exact) mass is 330 g/mol. The molecular formula is C17H18N2O3S. The highest BCUT2D eigenvalue weighted by Gasteiger charge is 2.07. The van der Waals surface area contributed by atoms with Gasteiger partial charge in [0, 0.05) is 4.90 Å². The fourth-order valence-electron chi connectivity index (χ4n) is 1.74. The van der Waals surface area contributed by atoms with Crippen LogP contribution in [-0.2, 0) is 9.59 Å². The molecule has 0 saturated carbocycles. The molecule has 0 heterocycles. The van der Waals surface area contributed by atoms with E-state index in [-0.39, 0.29) is 18.3 Å². The SMILES string of the molecule is Cc1ccccc1OCC(=O)NNC(=O)CSc1ccccc1. The van der Waals surface area contributed by atoms with Crippen LogP contribution in [0.1, 0.15) is 5.56 Å². The van der Waals surface area contributed by atoms with Crippen LogP contribution in [0.2, 0.25) is 0 Å². The van der Waals surface area contributed by atoms with Crippen molar-refractivity contribution < 1.29 is 14.3 Å². The van der Waals surface area contributed by atoms with Crippen molar-refractivity contribution in [3.8, 4) is 5.75 Å². The number of para-hydroxylation sites is 1. The molecule has 5 nitrogen and oxygen atoms in total. The van der Waals surface area contributed by atoms with E-state index in [2.05, 4.69) is 10.9 Å². The van der Waals surface area contributed by atoms with Crippen LogP contribution in [0.3, 0.4) is 0 Å². The smallest absolute Gasteiger partial charge is 0.276 e. The Labute approximate surface area is 139 Å². The molecule has 120 valence electrons. The first-order chi connectivity index (χ1) is 11.1. The topological polar surface area (TPSA) is 67.4 Å². The van der Waals surface area contributed by atoms with E-state index in [1.165, 1.54) is 11.8 Å². The lowest BCUT2D eigenvalue weighted by atomic mass is 10.2. The summed E-state index contributed by atoms with van der Waals surface area (Å²) >= 11 is 1.40. The van der Waals surface area contributed by atoms with Gasteiger partial charge in [0.05, 0.1) is 5.75 Å². The van der Waals surface area contributed by atoms with Crippen LogP contribution in [0, 0.1) is 6.92 Å². The summed E-state index contributed by atoms with van der Waals surface area (Å²) in [6.07, 6.45) is 0. The van der Waals surface area contributed by atoms with Crippen molar-refractivity contribution in [3.63, 3.8) is 0 Å². The molecule has 2 amide bonds. The summed E-state index contributed by atoms with van der Waals surface area (Å²) in [6, 6.07) is 17.0. The van der Waals surface area contributed by atoms with Crippen molar-refractivity contribution in [1.29, 1.82) is 0 Å². The third kappa shape index (κ3) is 6.04. The first-order valence-corrected chi connectivity index (χ1v) is 8.07. The van der Waals surface area contributed by atoms with Crippen LogP contribution in [0.5, 0.6) is 5.75 Å². The van der Waals surface area contributed by atoms with E-state index in [0.29, 0.717) is 5.75 Å². The third-order valence-electron chi connectivity index (χ3n) is 2.91. The second kappa shape index (κ2) is 8.85. The van der Waals surface area contributed by atoms with Gasteiger partial charge in [0.15, 0.2) is 6.61 Å². The Morgan fingerprint density at radius 1 is 0.957 bits per heavy atom. The Morgan fingerprint density at radius 2 is 1.61 bits per heavy atom. The lowest BCUT2D eigenvalue weighted by Crippen LogP contribution is -2.44. The Morgan fingerprint density at radius 3 is 2.35 bits per heavy atom. The van der Waals surface area contributed by atoms with Gasteiger partial charge in [0.1, 0.15) is 5.75 Å². The number of hydrazine groups is 1. The molecule has 2 N–H and O–H groups in total. The van der Waals surface area contributed by atoms with Crippen molar-refractivity contribution in [3.05, 3.63) is 60.2 Å². The van der Waals surface area contributed by atoms with Gasteiger partial charge in [-0.25, -0.2) is 0 Å². The summed E-state index contributed by atoms with van der Waals surface area (Å²) in [7, 11) is 0. The molecule has 2 rings (SSSR count). The summed E-state index contributed by atoms with van der Waals surface area (Å²) < 4.78 is 5.39. The van der Waals surface area contributed by atoms with E-state index < -0.39 is 5.91 Å². The molecule has 0 saturated heterocycles. The summed E-state index contributed by atoms with van der Waals surface area (Å²) in [5, 5.41) is 0. The lowest BCUT2D eigenvalue weighted by Gasteiger charge is -2.10. The van der Waals surface area contributed by atoms with Gasteiger partial charge >= 0.3 is 0 Å². The Hall–Kier alpha value is -2.47. The molecule has 0 aromatic heterocycles. The minimum absolute atomic E-state index is 0.156. The largest absolute Gasteiger partial charge is 0.483 e. The molecule has 0 aliphatic rings. The first kappa shape index (κ1) is 16.9. The highest BCUT2D eigenvalue weighted by Crippen LogP contribution is 2.16. The number of aryl methyl sites for hydroxylation is 1. The Kier molecular flexibility index (Phi) is 6.50. The predicted octanol–water partition coefficient (Wildman–Crippen LogP) is 2.31. The number of amides is 2. The fourth-order valence-corrected chi connectivity index (χ4v) is 2.46. The summed E-state index contributed by atoms with van der Waals surface area (Å²) in [5.74, 6) is 0.186. The van der Waals surface area contributed by atoms with Crippen LogP contribution < -0.4 is 15.6 Å². The van der Waals surface area contributed by atoms with Crippen molar-refractivity contribution in [2.45, 2.75) is 11.8 Å². The average molecular weight is 330 g/mol. The lowest BCUT2D eigenvalue weighted by molar-refractivity contribution is -0.128. The summed E-state index contributed by atoms with van der Waals surface area (Å²) in [4.78, 5) is 24.3. The normalized spacial score (nSPS) is 9.96. The van der Waals surface area contributed by atoms with Crippen LogP contribution in [0.25, 0.3) is 0 Å². The highest BCUT2D eigenvalue weighted by atomic mass is 32.2. The maximum Gasteiger partial charge on any atom is 0.276 e. The zero-order valence-corrected chi connectivity index (χ0v) is 13.6. The number of carbonyl (C=O) groups is 2. The van der Waals surface area contributed by atoms with Gasteiger partial charge in [-0.1, -0.05) is 36.4 Å². The van der Waals surface area contributed by atoms with Gasteiger partial charge in [-0.2, -0.15) is 0 Å². The second-order valence-electron chi connectivity index (χ2n) is 4.75. The van der Waals surface area contributed by atoms with Crippen molar-refractivity contribution >= 4 is 23.6 Å². The molecule has 0 aliphatic heterocycles. The van der Waals surface area contributed by atoms with E-state index in [1.807, 2.05) is 55.5 Å². The Balaban J connectivity index is 1.66. The van der Waals surface area contributed by atoms with E-state index in [9.17, 15) is 9.59 Å². The van der Waals surface area contributed by atoms with E-state index in [4.69, 9.17) is 4.74 Å². The number of hydrogen-bond acceptors (Lipinski definition) is 4. The highest BCUT2D eigenvalue weighted by molar-refractivity contribution is 8.00. The number of benzene rings is 2. The van der Waals surface area contributed by atoms with Gasteiger partial charge in [-0.3, -0.25) is 20.4 Å². The van der Waals surface area contributed by atoms with Crippen LogP contribution >= 0.6 is 11.8 Å². The zero-order valence-electron chi connectivity index (χ0n) is 12.7. The zero-order chi connectivity index (χ0) is 16.5. The molecule has 0 bridgehead atoms. The number of rotatable bonds is 6. The molecule has 0 unspecified atom stereocenters. The predicted molar refractivity (Wildman–Crippen MR) is 90.1 cm³/mol. The van der Waals surface area contributed by atoms with Crippen LogP contribution in [-0.4, -0.2) is 24.2 Å². The van der Waals surface area contributed by atoms with Crippen LogP contribution in [0.15, 0.2) is 59.5 Å². The van der Waals surface area contributed by atoms with Crippen molar-refractivity contribution in [1.82, 2.24) is 10.9 Å².